The Balaban J connectivity index is 2.41. The Kier molecular flexibility index (Phi) is 4.65. The van der Waals surface area contributed by atoms with Gasteiger partial charge in [0.2, 0.25) is 5.91 Å². The van der Waals surface area contributed by atoms with Crippen LogP contribution >= 0.6 is 0 Å². The van der Waals surface area contributed by atoms with Crippen molar-refractivity contribution in [2.45, 2.75) is 20.3 Å². The molecule has 1 amide bonds. The van der Waals surface area contributed by atoms with Crippen LogP contribution in [0.1, 0.15) is 18.2 Å². The molecule has 0 unspecified atom stereocenters. The van der Waals surface area contributed by atoms with E-state index in [4.69, 9.17) is 0 Å². The first-order valence-corrected chi connectivity index (χ1v) is 8.99. The number of aryl methyl sites for hydroxylation is 1. The fourth-order valence-electron chi connectivity index (χ4n) is 2.19. The van der Waals surface area contributed by atoms with Crippen LogP contribution < -0.4 is 5.32 Å². The van der Waals surface area contributed by atoms with E-state index in [-0.39, 0.29) is 0 Å². The summed E-state index contributed by atoms with van der Waals surface area (Å²) in [5.41, 5.74) is 2.51. The molecule has 6 nitrogen and oxygen atoms in total. The van der Waals surface area contributed by atoms with Crippen molar-refractivity contribution in [3.63, 3.8) is 0 Å². The minimum Gasteiger partial charge on any atom is -0.309 e. The monoisotopic (exact) mass is 321 g/mol. The summed E-state index contributed by atoms with van der Waals surface area (Å²) in [6.07, 6.45) is 1.76. The first kappa shape index (κ1) is 16.2. The van der Waals surface area contributed by atoms with E-state index >= 15 is 0 Å². The molecular weight excluding hydrogens is 302 g/mol. The summed E-state index contributed by atoms with van der Waals surface area (Å²) in [6, 6.07) is 9.39. The Labute approximate surface area is 130 Å². The smallest absolute Gasteiger partial charge is 0.240 e. The number of nitrogens with zero attached hydrogens (tertiary/aromatic N) is 2. The molecular formula is C15H19N3O3S. The van der Waals surface area contributed by atoms with Crippen LogP contribution in [-0.4, -0.2) is 36.1 Å². The van der Waals surface area contributed by atoms with Gasteiger partial charge in [-0.25, -0.2) is 13.1 Å². The SMILES string of the molecule is CCc1nn(-c2ccccc2)c(NC(=O)CS(C)(=O)=O)c1C. The summed E-state index contributed by atoms with van der Waals surface area (Å²) in [5, 5.41) is 7.17. The molecule has 0 atom stereocenters. The molecule has 2 aromatic rings. The number of hydrogen-bond donors (Lipinski definition) is 1. The fourth-order valence-corrected chi connectivity index (χ4v) is 2.73. The van der Waals surface area contributed by atoms with Crippen LogP contribution in [0, 0.1) is 6.92 Å². The molecule has 0 fully saturated rings. The maximum atomic E-state index is 11.9. The van der Waals surface area contributed by atoms with Crippen LogP contribution in [0.25, 0.3) is 5.69 Å². The maximum Gasteiger partial charge on any atom is 0.240 e. The highest BCUT2D eigenvalue weighted by atomic mass is 32.2. The van der Waals surface area contributed by atoms with E-state index in [2.05, 4.69) is 10.4 Å². The minimum absolute atomic E-state index is 0.511. The average Bonchev–Trinajstić information content (AvgIpc) is 2.75. The van der Waals surface area contributed by atoms with Gasteiger partial charge in [0.1, 0.15) is 11.6 Å². The highest BCUT2D eigenvalue weighted by Crippen LogP contribution is 2.23. The largest absolute Gasteiger partial charge is 0.309 e. The molecule has 0 aliphatic carbocycles. The van der Waals surface area contributed by atoms with Crippen LogP contribution in [0.4, 0.5) is 5.82 Å². The predicted octanol–water partition coefficient (Wildman–Crippen LogP) is 1.73. The third kappa shape index (κ3) is 3.73. The number of para-hydroxylation sites is 1. The van der Waals surface area contributed by atoms with Crippen LogP contribution in [0.15, 0.2) is 30.3 Å². The van der Waals surface area contributed by atoms with Crippen molar-refractivity contribution in [3.05, 3.63) is 41.6 Å². The number of aromatic nitrogens is 2. The summed E-state index contributed by atoms with van der Waals surface area (Å²) in [7, 11) is -3.37. The summed E-state index contributed by atoms with van der Waals surface area (Å²) >= 11 is 0. The number of carbonyl (C=O) groups excluding carboxylic acids is 1. The van der Waals surface area contributed by atoms with Crippen LogP contribution in [0.5, 0.6) is 0 Å². The van der Waals surface area contributed by atoms with E-state index in [9.17, 15) is 13.2 Å². The van der Waals surface area contributed by atoms with Crippen molar-refractivity contribution in [3.8, 4) is 5.69 Å². The molecule has 1 aromatic heterocycles. The first-order valence-electron chi connectivity index (χ1n) is 6.93. The van der Waals surface area contributed by atoms with E-state index in [1.54, 1.807) is 4.68 Å². The second-order valence-corrected chi connectivity index (χ2v) is 7.28. The molecule has 22 heavy (non-hydrogen) atoms. The molecule has 7 heteroatoms. The van der Waals surface area contributed by atoms with E-state index in [1.165, 1.54) is 0 Å². The van der Waals surface area contributed by atoms with E-state index in [0.29, 0.717) is 5.82 Å². The topological polar surface area (TPSA) is 81.1 Å². The highest BCUT2D eigenvalue weighted by molar-refractivity contribution is 7.91. The molecule has 1 N–H and O–H groups in total. The van der Waals surface area contributed by atoms with Gasteiger partial charge in [-0.2, -0.15) is 5.10 Å². The number of carbonyl (C=O) groups is 1. The zero-order valence-corrected chi connectivity index (χ0v) is 13.6. The fraction of sp³-hybridized carbons (Fsp3) is 0.333. The van der Waals surface area contributed by atoms with Gasteiger partial charge in [0.05, 0.1) is 11.4 Å². The Morgan fingerprint density at radius 3 is 2.45 bits per heavy atom. The molecule has 0 spiro atoms. The third-order valence-electron chi connectivity index (χ3n) is 3.21. The highest BCUT2D eigenvalue weighted by Gasteiger charge is 2.18. The Morgan fingerprint density at radius 2 is 1.91 bits per heavy atom. The van der Waals surface area contributed by atoms with Crippen molar-refractivity contribution in [2.24, 2.45) is 0 Å². The summed E-state index contributed by atoms with van der Waals surface area (Å²) < 4.78 is 24.1. The quantitative estimate of drug-likeness (QED) is 0.909. The van der Waals surface area contributed by atoms with Gasteiger partial charge < -0.3 is 5.32 Å². The molecule has 0 saturated carbocycles. The lowest BCUT2D eigenvalue weighted by atomic mass is 10.2. The molecule has 2 rings (SSSR count). The number of sulfone groups is 1. The zero-order valence-electron chi connectivity index (χ0n) is 12.8. The van der Waals surface area contributed by atoms with Gasteiger partial charge in [-0.3, -0.25) is 4.79 Å². The van der Waals surface area contributed by atoms with Crippen molar-refractivity contribution < 1.29 is 13.2 Å². The molecule has 0 aliphatic heterocycles. The second kappa shape index (κ2) is 6.31. The lowest BCUT2D eigenvalue weighted by molar-refractivity contribution is -0.113. The van der Waals surface area contributed by atoms with Gasteiger partial charge in [-0.1, -0.05) is 25.1 Å². The van der Waals surface area contributed by atoms with Gasteiger partial charge >= 0.3 is 0 Å². The number of anilines is 1. The first-order chi connectivity index (χ1) is 10.3. The van der Waals surface area contributed by atoms with Crippen molar-refractivity contribution in [2.75, 3.05) is 17.3 Å². The number of rotatable bonds is 5. The molecule has 0 aliphatic rings. The summed E-state index contributed by atoms with van der Waals surface area (Å²) in [5.74, 6) is -0.601. The lowest BCUT2D eigenvalue weighted by Crippen LogP contribution is -2.23. The number of nitrogens with one attached hydrogen (secondary N) is 1. The molecule has 0 bridgehead atoms. The Hall–Kier alpha value is -2.15. The van der Waals surface area contributed by atoms with Crippen LogP contribution in [0.3, 0.4) is 0 Å². The summed E-state index contributed by atoms with van der Waals surface area (Å²) in [4.78, 5) is 11.9. The van der Waals surface area contributed by atoms with Crippen LogP contribution in [-0.2, 0) is 21.1 Å². The van der Waals surface area contributed by atoms with E-state index in [1.807, 2.05) is 44.2 Å². The van der Waals surface area contributed by atoms with Gasteiger partial charge in [-0.05, 0) is 25.5 Å². The number of amides is 1. The standard InChI is InChI=1S/C15H19N3O3S/c1-4-13-11(2)15(16-14(19)10-22(3,20)21)18(17-13)12-8-6-5-7-9-12/h5-9H,4,10H2,1-3H3,(H,16,19). The van der Waals surface area contributed by atoms with Gasteiger partial charge in [-0.15, -0.1) is 0 Å². The second-order valence-electron chi connectivity index (χ2n) is 5.14. The minimum atomic E-state index is -3.37. The molecule has 0 radical (unpaired) electrons. The lowest BCUT2D eigenvalue weighted by Gasteiger charge is -2.09. The van der Waals surface area contributed by atoms with Crippen molar-refractivity contribution in [1.82, 2.24) is 9.78 Å². The van der Waals surface area contributed by atoms with E-state index in [0.717, 1.165) is 29.6 Å². The molecule has 118 valence electrons. The van der Waals surface area contributed by atoms with Gasteiger partial charge in [0.15, 0.2) is 9.84 Å². The normalized spacial score (nSPS) is 11.4. The average molecular weight is 321 g/mol. The predicted molar refractivity (Wildman–Crippen MR) is 86.0 cm³/mol. The van der Waals surface area contributed by atoms with Crippen molar-refractivity contribution in [1.29, 1.82) is 0 Å². The Morgan fingerprint density at radius 1 is 1.27 bits per heavy atom. The van der Waals surface area contributed by atoms with E-state index < -0.39 is 21.5 Å². The number of benzene rings is 1. The number of hydrogen-bond acceptors (Lipinski definition) is 4. The molecule has 1 aromatic carbocycles. The zero-order chi connectivity index (χ0) is 16.3. The summed E-state index contributed by atoms with van der Waals surface area (Å²) in [6.45, 7) is 3.84. The Bertz CT molecular complexity index is 780. The third-order valence-corrected chi connectivity index (χ3v) is 3.99. The van der Waals surface area contributed by atoms with Gasteiger partial charge in [0.25, 0.3) is 0 Å². The molecule has 1 heterocycles. The van der Waals surface area contributed by atoms with Crippen LogP contribution in [0.2, 0.25) is 0 Å². The van der Waals surface area contributed by atoms with Gasteiger partial charge in [0, 0.05) is 11.8 Å². The van der Waals surface area contributed by atoms with Crippen molar-refractivity contribution >= 4 is 21.6 Å². The maximum absolute atomic E-state index is 11.9. The molecule has 0 saturated heterocycles.